The maximum atomic E-state index is 4.40. The fourth-order valence-corrected chi connectivity index (χ4v) is 7.22. The van der Waals surface area contributed by atoms with Crippen molar-refractivity contribution >= 4 is 11.4 Å². The molecule has 7 rings (SSSR count). The molecule has 1 heteroatoms. The largest absolute Gasteiger partial charge is 0.310 e. The first-order valence-electron chi connectivity index (χ1n) is 16.3. The minimum absolute atomic E-state index is 0.0639. The van der Waals surface area contributed by atoms with E-state index in [-0.39, 0.29) is 10.8 Å². The SMILES string of the molecule is C=C(C)/C(=C\C=C/C)N(c1ccc2c(c1)C(C)(C)c1ccccc1-2)c1ccc2c(c1)C(C)(C)c1ccccc1-2.Cc1ccccc1. The minimum atomic E-state index is -0.0639. The first-order valence-corrected chi connectivity index (χ1v) is 16.3. The Balaban J connectivity index is 0.000000471. The van der Waals surface area contributed by atoms with Gasteiger partial charge in [-0.05, 0) is 101 Å². The second kappa shape index (κ2) is 12.1. The van der Waals surface area contributed by atoms with E-state index >= 15 is 0 Å². The lowest BCUT2D eigenvalue weighted by Gasteiger charge is -2.31. The van der Waals surface area contributed by atoms with Gasteiger partial charge in [0.2, 0.25) is 0 Å². The molecule has 0 heterocycles. The van der Waals surface area contributed by atoms with Crippen LogP contribution in [0, 0.1) is 6.92 Å². The average Bonchev–Trinajstić information content (AvgIpc) is 3.43. The summed E-state index contributed by atoms with van der Waals surface area (Å²) in [7, 11) is 0. The van der Waals surface area contributed by atoms with Crippen LogP contribution in [0.5, 0.6) is 0 Å². The van der Waals surface area contributed by atoms with E-state index in [2.05, 4.69) is 175 Å². The highest BCUT2D eigenvalue weighted by Gasteiger charge is 2.37. The van der Waals surface area contributed by atoms with Crippen LogP contribution in [0.4, 0.5) is 11.4 Å². The van der Waals surface area contributed by atoms with Crippen LogP contribution in [-0.4, -0.2) is 0 Å². The second-order valence-corrected chi connectivity index (χ2v) is 13.6. The number of nitrogens with zero attached hydrogens (tertiary/aromatic N) is 1. The summed E-state index contributed by atoms with van der Waals surface area (Å²) >= 11 is 0. The second-order valence-electron chi connectivity index (χ2n) is 13.6. The van der Waals surface area contributed by atoms with Crippen molar-refractivity contribution in [3.8, 4) is 22.3 Å². The van der Waals surface area contributed by atoms with Crippen molar-refractivity contribution in [3.05, 3.63) is 179 Å². The van der Waals surface area contributed by atoms with Gasteiger partial charge >= 0.3 is 0 Å². The number of hydrogen-bond donors (Lipinski definition) is 0. The predicted octanol–water partition coefficient (Wildman–Crippen LogP) is 12.5. The molecule has 0 aliphatic heterocycles. The molecule has 1 nitrogen and oxygen atoms in total. The van der Waals surface area contributed by atoms with Crippen LogP contribution in [0.25, 0.3) is 22.3 Å². The van der Waals surface area contributed by atoms with Crippen LogP contribution < -0.4 is 4.90 Å². The van der Waals surface area contributed by atoms with Crippen LogP contribution in [-0.2, 0) is 10.8 Å². The Bertz CT molecular complexity index is 1880. The lowest BCUT2D eigenvalue weighted by atomic mass is 9.82. The van der Waals surface area contributed by atoms with Crippen molar-refractivity contribution in [1.82, 2.24) is 0 Å². The molecule has 0 bridgehead atoms. The van der Waals surface area contributed by atoms with Gasteiger partial charge in [0.25, 0.3) is 0 Å². The van der Waals surface area contributed by atoms with E-state index in [1.165, 1.54) is 50.1 Å². The third-order valence-corrected chi connectivity index (χ3v) is 9.72. The van der Waals surface area contributed by atoms with E-state index in [0.717, 1.165) is 22.6 Å². The zero-order chi connectivity index (χ0) is 32.6. The van der Waals surface area contributed by atoms with Crippen LogP contribution in [0.1, 0.15) is 69.4 Å². The van der Waals surface area contributed by atoms with E-state index in [1.807, 2.05) is 18.2 Å². The molecule has 0 aromatic heterocycles. The molecular formula is C45H45N. The topological polar surface area (TPSA) is 3.24 Å². The van der Waals surface area contributed by atoms with Gasteiger partial charge in [0, 0.05) is 27.9 Å². The molecule has 0 atom stereocenters. The summed E-state index contributed by atoms with van der Waals surface area (Å²) in [5, 5.41) is 0. The van der Waals surface area contributed by atoms with E-state index in [4.69, 9.17) is 0 Å². The number of aryl methyl sites for hydroxylation is 1. The summed E-state index contributed by atoms with van der Waals surface area (Å²) in [5.41, 5.74) is 16.5. The summed E-state index contributed by atoms with van der Waals surface area (Å²) in [6, 6.07) is 41.9. The van der Waals surface area contributed by atoms with E-state index in [9.17, 15) is 0 Å². The van der Waals surface area contributed by atoms with E-state index in [1.54, 1.807) is 0 Å². The third-order valence-electron chi connectivity index (χ3n) is 9.72. The van der Waals surface area contributed by atoms with Crippen molar-refractivity contribution in [3.63, 3.8) is 0 Å². The molecule has 0 saturated heterocycles. The van der Waals surface area contributed by atoms with Crippen molar-refractivity contribution in [2.75, 3.05) is 4.90 Å². The maximum absolute atomic E-state index is 4.40. The molecule has 5 aromatic rings. The summed E-state index contributed by atoms with van der Waals surface area (Å²) in [4.78, 5) is 2.39. The predicted molar refractivity (Wildman–Crippen MR) is 199 cm³/mol. The third kappa shape index (κ3) is 5.35. The Hall–Kier alpha value is -4.88. The van der Waals surface area contributed by atoms with Crippen LogP contribution in [0.15, 0.2) is 151 Å². The number of hydrogen-bond acceptors (Lipinski definition) is 1. The molecule has 0 N–H and O–H groups in total. The van der Waals surface area contributed by atoms with Crippen molar-refractivity contribution in [2.24, 2.45) is 0 Å². The zero-order valence-electron chi connectivity index (χ0n) is 28.4. The number of benzene rings is 5. The minimum Gasteiger partial charge on any atom is -0.310 e. The van der Waals surface area contributed by atoms with Gasteiger partial charge in [-0.3, -0.25) is 0 Å². The fourth-order valence-electron chi connectivity index (χ4n) is 7.22. The number of anilines is 2. The summed E-state index contributed by atoms with van der Waals surface area (Å²) < 4.78 is 0. The van der Waals surface area contributed by atoms with Crippen molar-refractivity contribution < 1.29 is 0 Å². The Labute approximate surface area is 276 Å². The lowest BCUT2D eigenvalue weighted by molar-refractivity contribution is 0.660. The highest BCUT2D eigenvalue weighted by atomic mass is 15.1. The fraction of sp³-hybridized carbons (Fsp3) is 0.200. The van der Waals surface area contributed by atoms with E-state index < -0.39 is 0 Å². The lowest BCUT2D eigenvalue weighted by Crippen LogP contribution is -2.20. The average molecular weight is 600 g/mol. The van der Waals surface area contributed by atoms with Gasteiger partial charge in [0.1, 0.15) is 0 Å². The van der Waals surface area contributed by atoms with Gasteiger partial charge in [-0.1, -0.05) is 143 Å². The number of rotatable bonds is 5. The van der Waals surface area contributed by atoms with Gasteiger partial charge < -0.3 is 4.90 Å². The molecule has 230 valence electrons. The highest BCUT2D eigenvalue weighted by molar-refractivity contribution is 5.87. The summed E-state index contributed by atoms with van der Waals surface area (Å²) in [5.74, 6) is 0. The van der Waals surface area contributed by atoms with Crippen LogP contribution in [0.2, 0.25) is 0 Å². The monoisotopic (exact) mass is 599 g/mol. The van der Waals surface area contributed by atoms with Gasteiger partial charge in [-0.15, -0.1) is 0 Å². The van der Waals surface area contributed by atoms with Crippen LogP contribution in [0.3, 0.4) is 0 Å². The van der Waals surface area contributed by atoms with Crippen molar-refractivity contribution in [1.29, 1.82) is 0 Å². The molecule has 0 saturated carbocycles. The highest BCUT2D eigenvalue weighted by Crippen LogP contribution is 2.52. The van der Waals surface area contributed by atoms with Gasteiger partial charge in [0.15, 0.2) is 0 Å². The Morgan fingerprint density at radius 2 is 1.02 bits per heavy atom. The smallest absolute Gasteiger partial charge is 0.0484 e. The van der Waals surface area contributed by atoms with Gasteiger partial charge in [-0.25, -0.2) is 0 Å². The van der Waals surface area contributed by atoms with Crippen molar-refractivity contribution in [2.45, 2.75) is 59.3 Å². The molecule has 5 aromatic carbocycles. The Morgan fingerprint density at radius 3 is 1.43 bits per heavy atom. The van der Waals surface area contributed by atoms with Crippen LogP contribution >= 0.6 is 0 Å². The maximum Gasteiger partial charge on any atom is 0.0484 e. The first-order chi connectivity index (χ1) is 22.1. The molecule has 2 aliphatic rings. The van der Waals surface area contributed by atoms with Gasteiger partial charge in [-0.2, -0.15) is 0 Å². The van der Waals surface area contributed by atoms with E-state index in [0.29, 0.717) is 0 Å². The van der Waals surface area contributed by atoms with Gasteiger partial charge in [0.05, 0.1) is 0 Å². The first kappa shape index (κ1) is 31.1. The zero-order valence-corrected chi connectivity index (χ0v) is 28.4. The molecule has 0 spiro atoms. The summed E-state index contributed by atoms with van der Waals surface area (Å²) in [6.45, 7) is 20.0. The Morgan fingerprint density at radius 1 is 0.587 bits per heavy atom. The molecule has 2 aliphatic carbocycles. The molecule has 0 fully saturated rings. The molecular weight excluding hydrogens is 555 g/mol. The molecule has 0 unspecified atom stereocenters. The standard InChI is InChI=1S/C38H37N.C7H8/c1-8-9-18-36(25(2)3)39(26-19-21-30-28-14-10-12-16-32(28)37(4,5)34(30)23-26)27-20-22-31-29-15-11-13-17-33(29)38(6,7)35(31)24-27;1-7-5-3-2-4-6-7/h8-24H,2H2,1,3-7H3;2-6H,1H3/b9-8-,36-18+;. The Kier molecular flexibility index (Phi) is 8.21. The normalized spacial score (nSPS) is 14.9. The number of fused-ring (bicyclic) bond motifs is 6. The molecule has 46 heavy (non-hydrogen) atoms. The quantitative estimate of drug-likeness (QED) is 0.182. The molecule has 0 amide bonds. The number of allylic oxidation sites excluding steroid dienone is 4. The summed E-state index contributed by atoms with van der Waals surface area (Å²) in [6.07, 6.45) is 6.37. The molecule has 0 radical (unpaired) electrons.